The smallest absolute Gasteiger partial charge is 0.260 e. The second-order valence-corrected chi connectivity index (χ2v) is 8.61. The molecule has 154 valence electrons. The highest BCUT2D eigenvalue weighted by molar-refractivity contribution is 9.10. The molecule has 2 N–H and O–H groups in total. The zero-order valence-electron chi connectivity index (χ0n) is 16.6. The number of halogens is 1. The molecule has 1 fully saturated rings. The van der Waals surface area contributed by atoms with Crippen LogP contribution in [-0.2, 0) is 17.6 Å². The number of carbonyl (C=O) groups is 1. The number of carbonyl (C=O) groups excluding carboxylic acids is 1. The lowest BCUT2D eigenvalue weighted by molar-refractivity contribution is -0.116. The first-order chi connectivity index (χ1) is 14.5. The normalized spacial score (nSPS) is 16.8. The van der Waals surface area contributed by atoms with E-state index >= 15 is 0 Å². The van der Waals surface area contributed by atoms with Crippen molar-refractivity contribution in [1.82, 2.24) is 5.32 Å². The van der Waals surface area contributed by atoms with E-state index in [0.717, 1.165) is 27.7 Å². The van der Waals surface area contributed by atoms with E-state index in [1.807, 2.05) is 36.4 Å². The molecule has 2 aromatic rings. The molecule has 0 spiro atoms. The van der Waals surface area contributed by atoms with Gasteiger partial charge in [0, 0.05) is 5.69 Å². The topological polar surface area (TPSA) is 74.2 Å². The number of ether oxygens (including phenoxy) is 1. The summed E-state index contributed by atoms with van der Waals surface area (Å²) in [5, 5.41) is 15.1. The Kier molecular flexibility index (Phi) is 7.61. The van der Waals surface area contributed by atoms with Crippen molar-refractivity contribution in [1.29, 1.82) is 5.26 Å². The minimum Gasteiger partial charge on any atom is -0.477 e. The van der Waals surface area contributed by atoms with E-state index < -0.39 is 0 Å². The van der Waals surface area contributed by atoms with Crippen LogP contribution in [0.15, 0.2) is 58.4 Å². The van der Waals surface area contributed by atoms with E-state index in [9.17, 15) is 4.79 Å². The number of nitriles is 1. The van der Waals surface area contributed by atoms with Crippen LogP contribution in [0.5, 0.6) is 5.75 Å². The maximum Gasteiger partial charge on any atom is 0.260 e. The SMILES string of the molecule is C=CCc1cc(/C=C2\S[C@@H](Nc3ccc(CC)cc3)NC2=O)cc(Br)c1OCC#N. The third kappa shape index (κ3) is 5.47. The Labute approximate surface area is 189 Å². The first kappa shape index (κ1) is 22.0. The highest BCUT2D eigenvalue weighted by Gasteiger charge is 2.27. The summed E-state index contributed by atoms with van der Waals surface area (Å²) >= 11 is 4.95. The Morgan fingerprint density at radius 3 is 2.80 bits per heavy atom. The first-order valence-electron chi connectivity index (χ1n) is 9.51. The van der Waals surface area contributed by atoms with Gasteiger partial charge in [0.25, 0.3) is 5.91 Å². The van der Waals surface area contributed by atoms with Gasteiger partial charge in [0.05, 0.1) is 9.38 Å². The highest BCUT2D eigenvalue weighted by atomic mass is 79.9. The van der Waals surface area contributed by atoms with Crippen molar-refractivity contribution in [3.63, 3.8) is 0 Å². The third-order valence-electron chi connectivity index (χ3n) is 4.48. The van der Waals surface area contributed by atoms with Crippen molar-refractivity contribution >= 4 is 45.4 Å². The Morgan fingerprint density at radius 1 is 1.37 bits per heavy atom. The molecular formula is C23H22BrN3O2S. The van der Waals surface area contributed by atoms with Crippen molar-refractivity contribution in [2.45, 2.75) is 25.3 Å². The molecule has 5 nitrogen and oxygen atoms in total. The molecule has 1 atom stereocenters. The van der Waals surface area contributed by atoms with Crippen LogP contribution in [0.25, 0.3) is 6.08 Å². The van der Waals surface area contributed by atoms with Crippen molar-refractivity contribution in [2.75, 3.05) is 11.9 Å². The van der Waals surface area contributed by atoms with Crippen LogP contribution < -0.4 is 15.4 Å². The molecule has 0 bridgehead atoms. The maximum absolute atomic E-state index is 12.5. The fourth-order valence-corrected chi connectivity index (χ4v) is 4.65. The second kappa shape index (κ2) is 10.4. The molecule has 0 saturated carbocycles. The summed E-state index contributed by atoms with van der Waals surface area (Å²) in [7, 11) is 0. The van der Waals surface area contributed by atoms with Crippen molar-refractivity contribution in [3.05, 3.63) is 75.1 Å². The molecule has 1 saturated heterocycles. The lowest BCUT2D eigenvalue weighted by Gasteiger charge is -2.13. The molecule has 30 heavy (non-hydrogen) atoms. The fourth-order valence-electron chi connectivity index (χ4n) is 3.03. The number of anilines is 1. The number of allylic oxidation sites excluding steroid dienone is 1. The van der Waals surface area contributed by atoms with Crippen LogP contribution >= 0.6 is 27.7 Å². The van der Waals surface area contributed by atoms with Gasteiger partial charge in [0.1, 0.15) is 11.8 Å². The average molecular weight is 484 g/mol. The average Bonchev–Trinajstić information content (AvgIpc) is 3.07. The summed E-state index contributed by atoms with van der Waals surface area (Å²) in [6.07, 6.45) is 5.21. The minimum atomic E-state index is -0.231. The molecule has 0 aromatic heterocycles. The molecule has 1 amide bonds. The van der Waals surface area contributed by atoms with E-state index in [-0.39, 0.29) is 18.0 Å². The molecule has 7 heteroatoms. The van der Waals surface area contributed by atoms with Crippen LogP contribution in [0, 0.1) is 11.3 Å². The summed E-state index contributed by atoms with van der Waals surface area (Å²) in [6.45, 7) is 5.87. The number of benzene rings is 2. The summed E-state index contributed by atoms with van der Waals surface area (Å²) in [4.78, 5) is 13.1. The van der Waals surface area contributed by atoms with Gasteiger partial charge in [-0.25, -0.2) is 0 Å². The van der Waals surface area contributed by atoms with Crippen LogP contribution in [0.3, 0.4) is 0 Å². The van der Waals surface area contributed by atoms with Gasteiger partial charge in [-0.2, -0.15) is 5.26 Å². The molecule has 0 unspecified atom stereocenters. The molecule has 0 aliphatic carbocycles. The van der Waals surface area contributed by atoms with Gasteiger partial charge in [-0.05, 0) is 75.8 Å². The summed E-state index contributed by atoms with van der Waals surface area (Å²) in [5.74, 6) is 0.506. The van der Waals surface area contributed by atoms with Crippen LogP contribution in [0.1, 0.15) is 23.6 Å². The predicted octanol–water partition coefficient (Wildman–Crippen LogP) is 5.24. The zero-order valence-corrected chi connectivity index (χ0v) is 19.0. The van der Waals surface area contributed by atoms with Gasteiger partial charge in [0.15, 0.2) is 12.1 Å². The van der Waals surface area contributed by atoms with Gasteiger partial charge in [-0.1, -0.05) is 36.9 Å². The number of aryl methyl sites for hydroxylation is 1. The molecular weight excluding hydrogens is 462 g/mol. The number of hydrogen-bond donors (Lipinski definition) is 2. The van der Waals surface area contributed by atoms with Gasteiger partial charge >= 0.3 is 0 Å². The lowest BCUT2D eigenvalue weighted by atomic mass is 10.1. The molecule has 3 rings (SSSR count). The number of amides is 1. The number of rotatable bonds is 8. The van der Waals surface area contributed by atoms with E-state index in [0.29, 0.717) is 17.1 Å². The molecule has 1 aliphatic heterocycles. The number of nitrogens with zero attached hydrogens (tertiary/aromatic N) is 1. The van der Waals surface area contributed by atoms with Gasteiger partial charge in [-0.15, -0.1) is 6.58 Å². The highest BCUT2D eigenvalue weighted by Crippen LogP contribution is 2.35. The van der Waals surface area contributed by atoms with Crippen molar-refractivity contribution in [3.8, 4) is 11.8 Å². The van der Waals surface area contributed by atoms with Gasteiger partial charge in [-0.3, -0.25) is 4.79 Å². The Morgan fingerprint density at radius 2 is 2.13 bits per heavy atom. The van der Waals surface area contributed by atoms with Crippen LogP contribution in [-0.4, -0.2) is 18.0 Å². The van der Waals surface area contributed by atoms with Crippen molar-refractivity contribution in [2.24, 2.45) is 0 Å². The van der Waals surface area contributed by atoms with E-state index in [2.05, 4.69) is 52.2 Å². The lowest BCUT2D eigenvalue weighted by Crippen LogP contribution is -2.30. The Bertz CT molecular complexity index is 1010. The maximum atomic E-state index is 12.5. The monoisotopic (exact) mass is 483 g/mol. The van der Waals surface area contributed by atoms with Gasteiger partial charge < -0.3 is 15.4 Å². The standard InChI is InChI=1S/C23H22BrN3O2S/c1-3-5-17-12-16(13-19(24)21(17)29-11-10-25)14-20-22(28)27-23(30-20)26-18-8-6-15(4-2)7-9-18/h3,6-9,12-14,23,26H,1,4-5,11H2,2H3,(H,27,28)/b20-14-/t23-/m0/s1. The molecule has 1 aliphatic rings. The van der Waals surface area contributed by atoms with Crippen LogP contribution in [0.4, 0.5) is 5.69 Å². The Hall–Kier alpha value is -2.69. The molecule has 2 aromatic carbocycles. The summed E-state index contributed by atoms with van der Waals surface area (Å²) in [5.41, 5.74) is 3.77. The summed E-state index contributed by atoms with van der Waals surface area (Å²) in [6, 6.07) is 14.0. The molecule has 1 heterocycles. The second-order valence-electron chi connectivity index (χ2n) is 6.61. The predicted molar refractivity (Wildman–Crippen MR) is 126 cm³/mol. The largest absolute Gasteiger partial charge is 0.477 e. The zero-order chi connectivity index (χ0) is 21.5. The first-order valence-corrected chi connectivity index (χ1v) is 11.2. The van der Waals surface area contributed by atoms with Crippen LogP contribution in [0.2, 0.25) is 0 Å². The van der Waals surface area contributed by atoms with E-state index in [1.165, 1.54) is 17.3 Å². The van der Waals surface area contributed by atoms with E-state index in [4.69, 9.17) is 10.00 Å². The number of hydrogen-bond acceptors (Lipinski definition) is 5. The molecule has 0 radical (unpaired) electrons. The third-order valence-corrected chi connectivity index (χ3v) is 6.09. The van der Waals surface area contributed by atoms with Gasteiger partial charge in [0.2, 0.25) is 0 Å². The number of thioether (sulfide) groups is 1. The Balaban J connectivity index is 1.77. The van der Waals surface area contributed by atoms with E-state index in [1.54, 1.807) is 6.08 Å². The van der Waals surface area contributed by atoms with Crippen molar-refractivity contribution < 1.29 is 9.53 Å². The summed E-state index contributed by atoms with van der Waals surface area (Å²) < 4.78 is 6.28. The minimum absolute atomic E-state index is 0.0337. The number of nitrogens with one attached hydrogen (secondary N) is 2. The fraction of sp³-hybridized carbons (Fsp3) is 0.217. The quantitative estimate of drug-likeness (QED) is 0.396.